The number of guanidine groups is 1. The summed E-state index contributed by atoms with van der Waals surface area (Å²) in [7, 11) is 0. The van der Waals surface area contributed by atoms with E-state index in [0.717, 1.165) is 50.9 Å². The van der Waals surface area contributed by atoms with Crippen molar-refractivity contribution in [2.75, 3.05) is 39.3 Å². The summed E-state index contributed by atoms with van der Waals surface area (Å²) < 4.78 is 5.89. The summed E-state index contributed by atoms with van der Waals surface area (Å²) in [4.78, 5) is 7.10. The normalized spacial score (nSPS) is 17.9. The van der Waals surface area contributed by atoms with Gasteiger partial charge in [0.15, 0.2) is 5.96 Å². The molecule has 0 saturated carbocycles. The van der Waals surface area contributed by atoms with Crippen LogP contribution in [0.4, 0.5) is 0 Å². The lowest BCUT2D eigenvalue weighted by molar-refractivity contribution is -0.0284. The van der Waals surface area contributed by atoms with Gasteiger partial charge in [-0.3, -0.25) is 4.90 Å². The van der Waals surface area contributed by atoms with Crippen molar-refractivity contribution in [3.05, 3.63) is 35.4 Å². The topological polar surface area (TPSA) is 72.7 Å². The van der Waals surface area contributed by atoms with E-state index >= 15 is 0 Å². The number of halogens is 1. The Morgan fingerprint density at radius 1 is 1.41 bits per heavy atom. The first kappa shape index (κ1) is 23.7. The summed E-state index contributed by atoms with van der Waals surface area (Å²) >= 11 is 0. The Morgan fingerprint density at radius 2 is 2.22 bits per heavy atom. The van der Waals surface area contributed by atoms with Gasteiger partial charge in [0.05, 0.1) is 30.9 Å². The van der Waals surface area contributed by atoms with Crippen LogP contribution in [0.5, 0.6) is 0 Å². The van der Waals surface area contributed by atoms with Crippen molar-refractivity contribution >= 4 is 29.9 Å². The van der Waals surface area contributed by atoms with Gasteiger partial charge in [0.25, 0.3) is 0 Å². The van der Waals surface area contributed by atoms with Gasteiger partial charge in [-0.2, -0.15) is 5.26 Å². The SMILES string of the molecule is CCNC(=NCc1cccc(C#N)c1)NCC1CN(CC(C)C)CCO1.I. The number of hydrogen-bond donors (Lipinski definition) is 2. The predicted octanol–water partition coefficient (Wildman–Crippen LogP) is 2.59. The molecule has 0 aliphatic carbocycles. The molecule has 150 valence electrons. The van der Waals surface area contributed by atoms with E-state index in [2.05, 4.69) is 47.4 Å². The van der Waals surface area contributed by atoms with Gasteiger partial charge >= 0.3 is 0 Å². The second kappa shape index (κ2) is 12.9. The molecule has 0 aromatic heterocycles. The Labute approximate surface area is 180 Å². The molecule has 1 aromatic carbocycles. The highest BCUT2D eigenvalue weighted by Gasteiger charge is 2.21. The summed E-state index contributed by atoms with van der Waals surface area (Å²) in [5.41, 5.74) is 1.69. The summed E-state index contributed by atoms with van der Waals surface area (Å²) in [5, 5.41) is 15.7. The van der Waals surface area contributed by atoms with Gasteiger partial charge in [-0.15, -0.1) is 24.0 Å². The second-order valence-corrected chi connectivity index (χ2v) is 7.03. The minimum atomic E-state index is 0. The number of nitriles is 1. The fourth-order valence-corrected chi connectivity index (χ4v) is 3.05. The Bertz CT molecular complexity index is 629. The number of benzene rings is 1. The molecule has 1 aromatic rings. The fraction of sp³-hybridized carbons (Fsp3) is 0.600. The Balaban J connectivity index is 0.00000364. The molecule has 1 aliphatic heterocycles. The smallest absolute Gasteiger partial charge is 0.191 e. The molecule has 1 fully saturated rings. The van der Waals surface area contributed by atoms with Gasteiger partial charge in [-0.05, 0) is 30.5 Å². The van der Waals surface area contributed by atoms with E-state index in [1.807, 2.05) is 18.2 Å². The molecule has 2 rings (SSSR count). The Hall–Kier alpha value is -1.37. The van der Waals surface area contributed by atoms with Crippen LogP contribution in [0.3, 0.4) is 0 Å². The van der Waals surface area contributed by atoms with E-state index in [9.17, 15) is 0 Å². The lowest BCUT2D eigenvalue weighted by atomic mass is 10.1. The van der Waals surface area contributed by atoms with Gasteiger partial charge in [0.2, 0.25) is 0 Å². The molecule has 1 atom stereocenters. The third-order valence-corrected chi connectivity index (χ3v) is 4.16. The highest BCUT2D eigenvalue weighted by molar-refractivity contribution is 14.0. The highest BCUT2D eigenvalue weighted by Crippen LogP contribution is 2.08. The van der Waals surface area contributed by atoms with Crippen LogP contribution in [0.15, 0.2) is 29.3 Å². The third-order valence-electron chi connectivity index (χ3n) is 4.16. The van der Waals surface area contributed by atoms with E-state index in [1.54, 1.807) is 6.07 Å². The zero-order valence-electron chi connectivity index (χ0n) is 16.6. The highest BCUT2D eigenvalue weighted by atomic mass is 127. The number of aliphatic imine (C=N–C) groups is 1. The van der Waals surface area contributed by atoms with Crippen LogP contribution in [-0.2, 0) is 11.3 Å². The molecule has 0 spiro atoms. The van der Waals surface area contributed by atoms with Gasteiger partial charge in [0, 0.05) is 32.7 Å². The number of ether oxygens (including phenoxy) is 1. The summed E-state index contributed by atoms with van der Waals surface area (Å²) in [6.07, 6.45) is 0.174. The van der Waals surface area contributed by atoms with E-state index in [-0.39, 0.29) is 30.1 Å². The van der Waals surface area contributed by atoms with Crippen LogP contribution in [-0.4, -0.2) is 56.3 Å². The molecule has 0 radical (unpaired) electrons. The van der Waals surface area contributed by atoms with E-state index < -0.39 is 0 Å². The lowest BCUT2D eigenvalue weighted by Crippen LogP contribution is -2.50. The van der Waals surface area contributed by atoms with Gasteiger partial charge in [-0.1, -0.05) is 26.0 Å². The fourth-order valence-electron chi connectivity index (χ4n) is 3.05. The standard InChI is InChI=1S/C20H31N5O.HI/c1-4-22-20(23-12-18-7-5-6-17(10-18)11-21)24-13-19-15-25(8-9-26-19)14-16(2)3;/h5-7,10,16,19H,4,8-9,12-15H2,1-3H3,(H2,22,23,24);1H. The summed E-state index contributed by atoms with van der Waals surface area (Å²) in [6, 6.07) is 9.73. The average molecular weight is 485 g/mol. The molecular formula is C20H32IN5O. The minimum absolute atomic E-state index is 0. The molecule has 1 heterocycles. The summed E-state index contributed by atoms with van der Waals surface area (Å²) in [5.74, 6) is 1.45. The number of nitrogens with one attached hydrogen (secondary N) is 2. The Morgan fingerprint density at radius 3 is 2.93 bits per heavy atom. The van der Waals surface area contributed by atoms with Crippen molar-refractivity contribution < 1.29 is 4.74 Å². The number of morpholine rings is 1. The zero-order valence-corrected chi connectivity index (χ0v) is 18.9. The largest absolute Gasteiger partial charge is 0.374 e. The maximum Gasteiger partial charge on any atom is 0.191 e. The first-order valence-electron chi connectivity index (χ1n) is 9.46. The van der Waals surface area contributed by atoms with Crippen molar-refractivity contribution in [2.24, 2.45) is 10.9 Å². The first-order valence-corrected chi connectivity index (χ1v) is 9.46. The van der Waals surface area contributed by atoms with Crippen LogP contribution in [0, 0.1) is 17.2 Å². The van der Waals surface area contributed by atoms with E-state index in [4.69, 9.17) is 10.00 Å². The molecule has 1 aliphatic rings. The van der Waals surface area contributed by atoms with Crippen LogP contribution in [0.2, 0.25) is 0 Å². The third kappa shape index (κ3) is 8.91. The molecule has 0 bridgehead atoms. The second-order valence-electron chi connectivity index (χ2n) is 7.03. The maximum atomic E-state index is 9.00. The number of rotatable bonds is 7. The zero-order chi connectivity index (χ0) is 18.8. The quantitative estimate of drug-likeness (QED) is 0.353. The van der Waals surface area contributed by atoms with Crippen LogP contribution in [0.1, 0.15) is 31.9 Å². The first-order chi connectivity index (χ1) is 12.6. The minimum Gasteiger partial charge on any atom is -0.374 e. The van der Waals surface area contributed by atoms with Crippen LogP contribution < -0.4 is 10.6 Å². The van der Waals surface area contributed by atoms with Gasteiger partial charge in [0.1, 0.15) is 0 Å². The van der Waals surface area contributed by atoms with Crippen molar-refractivity contribution in [2.45, 2.75) is 33.4 Å². The lowest BCUT2D eigenvalue weighted by Gasteiger charge is -2.34. The predicted molar refractivity (Wildman–Crippen MR) is 120 cm³/mol. The Kier molecular flexibility index (Phi) is 11.3. The van der Waals surface area contributed by atoms with Crippen molar-refractivity contribution in [1.82, 2.24) is 15.5 Å². The van der Waals surface area contributed by atoms with E-state index in [0.29, 0.717) is 18.0 Å². The van der Waals surface area contributed by atoms with Gasteiger partial charge < -0.3 is 15.4 Å². The molecule has 27 heavy (non-hydrogen) atoms. The van der Waals surface area contributed by atoms with Crippen LogP contribution >= 0.6 is 24.0 Å². The summed E-state index contributed by atoms with van der Waals surface area (Å²) in [6.45, 7) is 12.5. The number of hydrogen-bond acceptors (Lipinski definition) is 4. The molecule has 1 saturated heterocycles. The molecule has 7 heteroatoms. The molecular weight excluding hydrogens is 453 g/mol. The average Bonchev–Trinajstić information content (AvgIpc) is 2.64. The van der Waals surface area contributed by atoms with Crippen LogP contribution in [0.25, 0.3) is 0 Å². The number of nitrogens with zero attached hydrogens (tertiary/aromatic N) is 3. The van der Waals surface area contributed by atoms with Crippen molar-refractivity contribution in [1.29, 1.82) is 5.26 Å². The monoisotopic (exact) mass is 485 g/mol. The molecule has 6 nitrogen and oxygen atoms in total. The molecule has 2 N–H and O–H groups in total. The van der Waals surface area contributed by atoms with Crippen molar-refractivity contribution in [3.8, 4) is 6.07 Å². The molecule has 0 amide bonds. The molecule has 1 unspecified atom stereocenters. The van der Waals surface area contributed by atoms with Crippen molar-refractivity contribution in [3.63, 3.8) is 0 Å². The maximum absolute atomic E-state index is 9.00. The van der Waals surface area contributed by atoms with E-state index in [1.165, 1.54) is 0 Å². The van der Waals surface area contributed by atoms with Gasteiger partial charge in [-0.25, -0.2) is 4.99 Å².